The van der Waals surface area contributed by atoms with Crippen molar-refractivity contribution in [3.05, 3.63) is 65.5 Å². The van der Waals surface area contributed by atoms with Crippen molar-refractivity contribution < 1.29 is 17.2 Å². The molecule has 1 aromatic carbocycles. The molecule has 0 aliphatic heterocycles. The Kier molecular flexibility index (Phi) is 4.10. The predicted molar refractivity (Wildman–Crippen MR) is 82.4 cm³/mol. The molecule has 0 aliphatic carbocycles. The van der Waals surface area contributed by atoms with E-state index in [-0.39, 0.29) is 11.4 Å². The Morgan fingerprint density at radius 3 is 2.73 bits per heavy atom. The third-order valence-electron chi connectivity index (χ3n) is 2.97. The van der Waals surface area contributed by atoms with E-state index in [1.807, 2.05) is 17.5 Å². The van der Waals surface area contributed by atoms with E-state index in [4.69, 9.17) is 4.42 Å². The summed E-state index contributed by atoms with van der Waals surface area (Å²) in [6.45, 7) is 0.00419. The Hall–Kier alpha value is -1.96. The molecule has 22 heavy (non-hydrogen) atoms. The summed E-state index contributed by atoms with van der Waals surface area (Å²) in [5, 5.41) is 1.93. The van der Waals surface area contributed by atoms with Crippen molar-refractivity contribution in [2.45, 2.75) is 11.4 Å². The van der Waals surface area contributed by atoms with E-state index in [1.54, 1.807) is 12.1 Å². The number of furan rings is 1. The summed E-state index contributed by atoms with van der Waals surface area (Å²) >= 11 is 1.54. The van der Waals surface area contributed by atoms with Gasteiger partial charge in [-0.2, -0.15) is 0 Å². The molecule has 114 valence electrons. The second kappa shape index (κ2) is 6.04. The monoisotopic (exact) mass is 337 g/mol. The summed E-state index contributed by atoms with van der Waals surface area (Å²) in [7, 11) is -3.77. The molecule has 7 heteroatoms. The zero-order valence-corrected chi connectivity index (χ0v) is 13.0. The lowest BCUT2D eigenvalue weighted by Gasteiger charge is -2.05. The van der Waals surface area contributed by atoms with E-state index < -0.39 is 15.8 Å². The average Bonchev–Trinajstić information content (AvgIpc) is 3.16. The fourth-order valence-corrected chi connectivity index (χ4v) is 3.62. The van der Waals surface area contributed by atoms with Gasteiger partial charge in [0.2, 0.25) is 10.0 Å². The molecule has 2 aromatic heterocycles. The van der Waals surface area contributed by atoms with Gasteiger partial charge in [0.1, 0.15) is 17.3 Å². The minimum Gasteiger partial charge on any atom is -0.459 e. The van der Waals surface area contributed by atoms with Crippen LogP contribution < -0.4 is 4.72 Å². The van der Waals surface area contributed by atoms with E-state index >= 15 is 0 Å². The molecular weight excluding hydrogens is 325 g/mol. The van der Waals surface area contributed by atoms with Gasteiger partial charge in [-0.3, -0.25) is 0 Å². The Bertz CT molecular complexity index is 870. The maximum atomic E-state index is 13.1. The van der Waals surface area contributed by atoms with E-state index in [1.165, 1.54) is 29.5 Å². The van der Waals surface area contributed by atoms with E-state index in [0.717, 1.165) is 10.9 Å². The largest absolute Gasteiger partial charge is 0.459 e. The van der Waals surface area contributed by atoms with Crippen LogP contribution in [0.15, 0.2) is 63.2 Å². The predicted octanol–water partition coefficient (Wildman–Crippen LogP) is 3.63. The average molecular weight is 337 g/mol. The van der Waals surface area contributed by atoms with Crippen LogP contribution in [0.1, 0.15) is 5.76 Å². The van der Waals surface area contributed by atoms with E-state index in [2.05, 4.69) is 4.72 Å². The first-order valence-corrected chi connectivity index (χ1v) is 8.79. The summed E-state index contributed by atoms with van der Waals surface area (Å²) in [5.41, 5.74) is 0. The van der Waals surface area contributed by atoms with Crippen LogP contribution in [0.5, 0.6) is 0 Å². The number of halogens is 1. The third-order valence-corrected chi connectivity index (χ3v) is 5.25. The van der Waals surface area contributed by atoms with Gasteiger partial charge in [-0.25, -0.2) is 17.5 Å². The number of nitrogens with one attached hydrogen (secondary N) is 1. The lowest BCUT2D eigenvalue weighted by Crippen LogP contribution is -2.23. The number of hydrogen-bond donors (Lipinski definition) is 1. The fourth-order valence-electron chi connectivity index (χ4n) is 1.91. The van der Waals surface area contributed by atoms with Crippen LogP contribution in [0.2, 0.25) is 0 Å². The molecule has 4 nitrogen and oxygen atoms in total. The summed E-state index contributed by atoms with van der Waals surface area (Å²) in [5.74, 6) is 0.583. The van der Waals surface area contributed by atoms with Crippen LogP contribution in [0.4, 0.5) is 4.39 Å². The van der Waals surface area contributed by atoms with Crippen molar-refractivity contribution >= 4 is 21.4 Å². The zero-order chi connectivity index (χ0) is 15.6. The van der Waals surface area contributed by atoms with Gasteiger partial charge in [0.25, 0.3) is 0 Å². The number of rotatable bonds is 5. The molecule has 0 aliphatic rings. The van der Waals surface area contributed by atoms with Crippen molar-refractivity contribution in [2.75, 3.05) is 0 Å². The molecule has 0 saturated carbocycles. The van der Waals surface area contributed by atoms with Crippen LogP contribution >= 0.6 is 11.3 Å². The SMILES string of the molecule is O=S(=O)(NCc1ccc(-c2cccs2)o1)c1cccc(F)c1. The molecule has 0 bridgehead atoms. The molecule has 0 unspecified atom stereocenters. The van der Waals surface area contributed by atoms with Crippen LogP contribution in [-0.4, -0.2) is 8.42 Å². The lowest BCUT2D eigenvalue weighted by molar-refractivity contribution is 0.510. The Balaban J connectivity index is 1.72. The van der Waals surface area contributed by atoms with Gasteiger partial charge in [0, 0.05) is 0 Å². The maximum Gasteiger partial charge on any atom is 0.241 e. The molecular formula is C15H12FNO3S2. The standard InChI is InChI=1S/C15H12FNO3S2/c16-11-3-1-4-13(9-11)22(18,19)17-10-12-6-7-14(20-12)15-5-2-8-21-15/h1-9,17H,10H2. The van der Waals surface area contributed by atoms with Crippen molar-refractivity contribution in [1.29, 1.82) is 0 Å². The van der Waals surface area contributed by atoms with Gasteiger partial charge in [-0.15, -0.1) is 11.3 Å². The highest BCUT2D eigenvalue weighted by Gasteiger charge is 2.15. The number of benzene rings is 1. The first-order chi connectivity index (χ1) is 10.5. The summed E-state index contributed by atoms with van der Waals surface area (Å²) in [6.07, 6.45) is 0. The van der Waals surface area contributed by atoms with Crippen LogP contribution in [0.25, 0.3) is 10.6 Å². The van der Waals surface area contributed by atoms with Gasteiger partial charge < -0.3 is 4.42 Å². The molecule has 3 rings (SSSR count). The summed E-state index contributed by atoms with van der Waals surface area (Å²) < 4.78 is 45.2. The minimum absolute atomic E-state index is 0.00419. The molecule has 0 saturated heterocycles. The highest BCUT2D eigenvalue weighted by atomic mass is 32.2. The molecule has 2 heterocycles. The van der Waals surface area contributed by atoms with Crippen LogP contribution in [0.3, 0.4) is 0 Å². The van der Waals surface area contributed by atoms with Crippen molar-refractivity contribution in [3.8, 4) is 10.6 Å². The normalized spacial score (nSPS) is 11.7. The second-order valence-corrected chi connectivity index (χ2v) is 7.24. The van der Waals surface area contributed by atoms with E-state index in [0.29, 0.717) is 11.5 Å². The zero-order valence-electron chi connectivity index (χ0n) is 11.3. The number of hydrogen-bond acceptors (Lipinski definition) is 4. The first kappa shape index (κ1) is 15.0. The molecule has 0 atom stereocenters. The molecule has 0 amide bonds. The van der Waals surface area contributed by atoms with Crippen LogP contribution in [-0.2, 0) is 16.6 Å². The van der Waals surface area contributed by atoms with Gasteiger partial charge in [0.15, 0.2) is 0 Å². The topological polar surface area (TPSA) is 59.3 Å². The molecule has 0 radical (unpaired) electrons. The van der Waals surface area contributed by atoms with Crippen molar-refractivity contribution in [2.24, 2.45) is 0 Å². The molecule has 1 N–H and O–H groups in total. The number of thiophene rings is 1. The van der Waals surface area contributed by atoms with Gasteiger partial charge in [-0.1, -0.05) is 12.1 Å². The summed E-state index contributed by atoms with van der Waals surface area (Å²) in [4.78, 5) is 0.858. The highest BCUT2D eigenvalue weighted by Crippen LogP contribution is 2.26. The van der Waals surface area contributed by atoms with E-state index in [9.17, 15) is 12.8 Å². The third kappa shape index (κ3) is 3.27. The molecule has 0 spiro atoms. The van der Waals surface area contributed by atoms with Gasteiger partial charge in [0.05, 0.1) is 16.3 Å². The number of sulfonamides is 1. The second-order valence-electron chi connectivity index (χ2n) is 4.53. The maximum absolute atomic E-state index is 13.1. The quantitative estimate of drug-likeness (QED) is 0.773. The van der Waals surface area contributed by atoms with Crippen molar-refractivity contribution in [3.63, 3.8) is 0 Å². The van der Waals surface area contributed by atoms with Crippen LogP contribution in [0, 0.1) is 5.82 Å². The minimum atomic E-state index is -3.77. The van der Waals surface area contributed by atoms with Crippen molar-refractivity contribution in [1.82, 2.24) is 4.72 Å². The Labute approximate surface area is 131 Å². The first-order valence-electron chi connectivity index (χ1n) is 6.42. The summed E-state index contributed by atoms with van der Waals surface area (Å²) in [6, 6.07) is 12.2. The van der Waals surface area contributed by atoms with Gasteiger partial charge in [-0.05, 0) is 41.8 Å². The lowest BCUT2D eigenvalue weighted by atomic mass is 10.3. The Morgan fingerprint density at radius 1 is 1.14 bits per heavy atom. The Morgan fingerprint density at radius 2 is 2.00 bits per heavy atom. The molecule has 3 aromatic rings. The van der Waals surface area contributed by atoms with Gasteiger partial charge >= 0.3 is 0 Å². The molecule has 0 fully saturated rings. The fraction of sp³-hybridized carbons (Fsp3) is 0.0667. The smallest absolute Gasteiger partial charge is 0.241 e. The highest BCUT2D eigenvalue weighted by molar-refractivity contribution is 7.89.